The number of rotatable bonds is 2. The summed E-state index contributed by atoms with van der Waals surface area (Å²) >= 11 is 0. The summed E-state index contributed by atoms with van der Waals surface area (Å²) in [7, 11) is 0. The summed E-state index contributed by atoms with van der Waals surface area (Å²) in [6.07, 6.45) is 15.7. The van der Waals surface area contributed by atoms with E-state index < -0.39 is 0 Å². The quantitative estimate of drug-likeness (QED) is 0.723. The van der Waals surface area contributed by atoms with E-state index in [1.54, 1.807) is 0 Å². The van der Waals surface area contributed by atoms with Gasteiger partial charge in [-0.2, -0.15) is 0 Å². The number of carbonyl (C=O) groups excluding carboxylic acids is 1. The van der Waals surface area contributed by atoms with Gasteiger partial charge in [-0.05, 0) is 80.6 Å². The van der Waals surface area contributed by atoms with Crippen molar-refractivity contribution in [1.29, 1.82) is 0 Å². The van der Waals surface area contributed by atoms with Gasteiger partial charge in [-0.3, -0.25) is 4.79 Å². The van der Waals surface area contributed by atoms with Crippen molar-refractivity contribution in [1.82, 2.24) is 0 Å². The van der Waals surface area contributed by atoms with Crippen LogP contribution in [0, 0.1) is 28.6 Å². The average molecular weight is 371 g/mol. The fourth-order valence-corrected chi connectivity index (χ4v) is 7.68. The third kappa shape index (κ3) is 2.57. The van der Waals surface area contributed by atoms with Crippen molar-refractivity contribution in [2.45, 2.75) is 89.9 Å². The molecular weight excluding hydrogens is 336 g/mol. The molecule has 3 fully saturated rings. The largest absolute Gasteiger partial charge is 0.393 e. The monoisotopic (exact) mass is 370 g/mol. The summed E-state index contributed by atoms with van der Waals surface area (Å²) in [6, 6.07) is 0. The van der Waals surface area contributed by atoms with Crippen LogP contribution in [0.3, 0.4) is 0 Å². The first-order valence-electron chi connectivity index (χ1n) is 11.2. The van der Waals surface area contributed by atoms with Crippen molar-refractivity contribution in [3.8, 4) is 0 Å². The highest BCUT2D eigenvalue weighted by Crippen LogP contribution is 2.65. The standard InChI is InChI=1S/C24H34O3/c1-23-12-11-20-18(19(23)9-10-21(23)26)8-7-15-13-16(25)14-22(24(15,20)2)27-17-5-3-4-6-17/h3-4,13,17-22,26H,5-12,14H2,1-2H3/t18-,19-,20-,21-,22?,23-,24-/m0/s1. The van der Waals surface area contributed by atoms with Gasteiger partial charge in [-0.1, -0.05) is 31.6 Å². The van der Waals surface area contributed by atoms with E-state index in [-0.39, 0.29) is 34.9 Å². The van der Waals surface area contributed by atoms with Gasteiger partial charge < -0.3 is 9.84 Å². The highest BCUT2D eigenvalue weighted by Gasteiger charge is 2.61. The minimum atomic E-state index is -0.127. The summed E-state index contributed by atoms with van der Waals surface area (Å²) in [5, 5.41) is 10.7. The highest BCUT2D eigenvalue weighted by molar-refractivity contribution is 5.92. The summed E-state index contributed by atoms with van der Waals surface area (Å²) < 4.78 is 6.63. The number of carbonyl (C=O) groups is 1. The van der Waals surface area contributed by atoms with Gasteiger partial charge in [0.25, 0.3) is 0 Å². The van der Waals surface area contributed by atoms with Crippen LogP contribution in [-0.4, -0.2) is 29.2 Å². The van der Waals surface area contributed by atoms with Crippen molar-refractivity contribution in [2.24, 2.45) is 28.6 Å². The molecule has 3 heteroatoms. The van der Waals surface area contributed by atoms with Gasteiger partial charge >= 0.3 is 0 Å². The van der Waals surface area contributed by atoms with E-state index in [1.165, 1.54) is 24.8 Å². The molecule has 0 amide bonds. The van der Waals surface area contributed by atoms with E-state index >= 15 is 0 Å². The lowest BCUT2D eigenvalue weighted by Crippen LogP contribution is -2.56. The Balaban J connectivity index is 1.48. The summed E-state index contributed by atoms with van der Waals surface area (Å²) in [5.41, 5.74) is 1.46. The summed E-state index contributed by atoms with van der Waals surface area (Å²) in [4.78, 5) is 12.5. The molecule has 3 nitrogen and oxygen atoms in total. The molecule has 1 N–H and O–H groups in total. The van der Waals surface area contributed by atoms with Crippen LogP contribution in [0.1, 0.15) is 71.6 Å². The number of aliphatic hydroxyl groups excluding tert-OH is 1. The van der Waals surface area contributed by atoms with E-state index in [9.17, 15) is 9.90 Å². The molecule has 27 heavy (non-hydrogen) atoms. The molecule has 0 radical (unpaired) electrons. The minimum absolute atomic E-state index is 0.00567. The maximum absolute atomic E-state index is 12.5. The van der Waals surface area contributed by atoms with Crippen molar-refractivity contribution in [3.05, 3.63) is 23.8 Å². The molecule has 0 aromatic rings. The lowest BCUT2D eigenvalue weighted by Gasteiger charge is -2.59. The van der Waals surface area contributed by atoms with Crippen molar-refractivity contribution < 1.29 is 14.6 Å². The second kappa shape index (κ2) is 6.29. The topological polar surface area (TPSA) is 46.5 Å². The summed E-state index contributed by atoms with van der Waals surface area (Å²) in [5.74, 6) is 2.15. The Morgan fingerprint density at radius 3 is 2.63 bits per heavy atom. The lowest BCUT2D eigenvalue weighted by molar-refractivity contribution is -0.148. The van der Waals surface area contributed by atoms with Crippen LogP contribution in [0.15, 0.2) is 23.8 Å². The Bertz CT molecular complexity index is 686. The normalized spacial score (nSPS) is 49.5. The molecule has 148 valence electrons. The molecule has 5 rings (SSSR count). The second-order valence-corrected chi connectivity index (χ2v) is 10.4. The van der Waals surface area contributed by atoms with E-state index in [0.29, 0.717) is 24.2 Å². The first kappa shape index (κ1) is 18.1. The average Bonchev–Trinajstić information content (AvgIpc) is 3.24. The Morgan fingerprint density at radius 2 is 1.85 bits per heavy atom. The predicted octanol–water partition coefficient (Wildman–Crippen LogP) is 4.59. The lowest BCUT2D eigenvalue weighted by atomic mass is 9.46. The van der Waals surface area contributed by atoms with E-state index in [1.807, 2.05) is 6.08 Å². The number of hydrogen-bond donors (Lipinski definition) is 1. The van der Waals surface area contributed by atoms with Gasteiger partial charge in [-0.15, -0.1) is 0 Å². The first-order valence-corrected chi connectivity index (χ1v) is 11.2. The maximum atomic E-state index is 12.5. The highest BCUT2D eigenvalue weighted by atomic mass is 16.5. The fraction of sp³-hybridized carbons (Fsp3) is 0.792. The van der Waals surface area contributed by atoms with Crippen LogP contribution >= 0.6 is 0 Å². The summed E-state index contributed by atoms with van der Waals surface area (Å²) in [6.45, 7) is 4.74. The first-order chi connectivity index (χ1) is 12.9. The van der Waals surface area contributed by atoms with Gasteiger partial charge in [0.05, 0.1) is 18.3 Å². The molecule has 0 bridgehead atoms. The molecule has 3 saturated carbocycles. The van der Waals surface area contributed by atoms with Gasteiger partial charge in [0.2, 0.25) is 0 Å². The van der Waals surface area contributed by atoms with Gasteiger partial charge in [0.15, 0.2) is 5.78 Å². The Labute approximate surface area is 163 Å². The Kier molecular flexibility index (Phi) is 4.22. The van der Waals surface area contributed by atoms with Crippen LogP contribution in [-0.2, 0) is 9.53 Å². The minimum Gasteiger partial charge on any atom is -0.393 e. The molecule has 5 aliphatic rings. The molecule has 0 aromatic carbocycles. The smallest absolute Gasteiger partial charge is 0.158 e. The zero-order valence-electron chi connectivity index (χ0n) is 16.8. The van der Waals surface area contributed by atoms with Crippen LogP contribution in [0.2, 0.25) is 0 Å². The van der Waals surface area contributed by atoms with Crippen molar-refractivity contribution in [3.63, 3.8) is 0 Å². The molecular formula is C24H34O3. The van der Waals surface area contributed by atoms with Gasteiger partial charge in [-0.25, -0.2) is 0 Å². The third-order valence-electron chi connectivity index (χ3n) is 9.31. The van der Waals surface area contributed by atoms with E-state index in [2.05, 4.69) is 26.0 Å². The van der Waals surface area contributed by atoms with Crippen molar-refractivity contribution >= 4 is 5.78 Å². The predicted molar refractivity (Wildman–Crippen MR) is 105 cm³/mol. The number of ether oxygens (including phenoxy) is 1. The second-order valence-electron chi connectivity index (χ2n) is 10.4. The molecule has 0 spiro atoms. The molecule has 0 aromatic heterocycles. The number of aliphatic hydroxyl groups is 1. The zero-order valence-corrected chi connectivity index (χ0v) is 16.8. The van der Waals surface area contributed by atoms with Crippen LogP contribution in [0.5, 0.6) is 0 Å². The Morgan fingerprint density at radius 1 is 1.07 bits per heavy atom. The number of fused-ring (bicyclic) bond motifs is 5. The molecule has 5 aliphatic carbocycles. The van der Waals surface area contributed by atoms with Gasteiger partial charge in [0, 0.05) is 11.8 Å². The zero-order chi connectivity index (χ0) is 18.8. The fourth-order valence-electron chi connectivity index (χ4n) is 7.68. The molecule has 0 heterocycles. The molecule has 0 saturated heterocycles. The molecule has 0 aliphatic heterocycles. The number of ketones is 1. The SMILES string of the molecule is C[C@]12CC[C@H]3[C@@H](CCC4=CC(=O)CC(OC5CC=CC5)[C@@]43C)[C@@H]1CC[C@@H]2O. The van der Waals surface area contributed by atoms with Crippen molar-refractivity contribution in [2.75, 3.05) is 0 Å². The maximum Gasteiger partial charge on any atom is 0.158 e. The third-order valence-corrected chi connectivity index (χ3v) is 9.31. The number of hydrogen-bond acceptors (Lipinski definition) is 3. The van der Waals surface area contributed by atoms with Crippen LogP contribution < -0.4 is 0 Å². The van der Waals surface area contributed by atoms with Gasteiger partial charge in [0.1, 0.15) is 0 Å². The Hall–Kier alpha value is -0.930. The van der Waals surface area contributed by atoms with E-state index in [4.69, 9.17) is 4.74 Å². The molecule has 1 unspecified atom stereocenters. The van der Waals surface area contributed by atoms with E-state index in [0.717, 1.165) is 32.1 Å². The van der Waals surface area contributed by atoms with Crippen LogP contribution in [0.4, 0.5) is 0 Å². The van der Waals surface area contributed by atoms with Crippen LogP contribution in [0.25, 0.3) is 0 Å². The molecule has 7 atom stereocenters.